The average molecular weight is 296 g/mol. The quantitative estimate of drug-likeness (QED) is 0.892. The van der Waals surface area contributed by atoms with E-state index in [2.05, 4.69) is 5.32 Å². The average Bonchev–Trinajstić information content (AvgIpc) is 2.42. The van der Waals surface area contributed by atoms with Crippen LogP contribution in [0.25, 0.3) is 0 Å². The molecule has 0 saturated heterocycles. The predicted octanol–water partition coefficient (Wildman–Crippen LogP) is 4.11. The maximum absolute atomic E-state index is 13.6. The molecule has 0 spiro atoms. The zero-order valence-corrected chi connectivity index (χ0v) is 12.0. The van der Waals surface area contributed by atoms with Crippen LogP contribution in [0.15, 0.2) is 30.3 Å². The monoisotopic (exact) mass is 295 g/mol. The third-order valence-corrected chi connectivity index (χ3v) is 3.15. The zero-order valence-electron chi connectivity index (χ0n) is 11.2. The van der Waals surface area contributed by atoms with Gasteiger partial charge in [0.2, 0.25) is 0 Å². The van der Waals surface area contributed by atoms with E-state index in [9.17, 15) is 9.50 Å². The summed E-state index contributed by atoms with van der Waals surface area (Å²) in [5.74, 6) is -0.0550. The molecule has 0 atom stereocenters. The summed E-state index contributed by atoms with van der Waals surface area (Å²) in [5.41, 5.74) is 1.86. The van der Waals surface area contributed by atoms with E-state index in [1.54, 1.807) is 18.2 Å². The second-order valence-electron chi connectivity index (χ2n) is 4.45. The standard InChI is InChI=1S/C15H15ClFNO2/c1-9-3-4-12(17)13(5-9)18-8-10-6-11(16)7-14(20-2)15(10)19/h3-7,18-19H,8H2,1-2H3. The normalized spacial score (nSPS) is 10.4. The van der Waals surface area contributed by atoms with Gasteiger partial charge < -0.3 is 15.2 Å². The Morgan fingerprint density at radius 3 is 2.75 bits per heavy atom. The number of methoxy groups -OCH3 is 1. The number of phenols is 1. The number of hydrogen-bond acceptors (Lipinski definition) is 3. The van der Waals surface area contributed by atoms with Crippen LogP contribution in [0.2, 0.25) is 5.02 Å². The zero-order chi connectivity index (χ0) is 14.7. The predicted molar refractivity (Wildman–Crippen MR) is 78.1 cm³/mol. The van der Waals surface area contributed by atoms with Gasteiger partial charge in [0.25, 0.3) is 0 Å². The van der Waals surface area contributed by atoms with Crippen molar-refractivity contribution in [2.24, 2.45) is 0 Å². The smallest absolute Gasteiger partial charge is 0.162 e. The number of phenolic OH excluding ortho intramolecular Hbond substituents is 1. The van der Waals surface area contributed by atoms with E-state index in [-0.39, 0.29) is 18.1 Å². The van der Waals surface area contributed by atoms with Gasteiger partial charge in [-0.2, -0.15) is 0 Å². The van der Waals surface area contributed by atoms with Crippen molar-refractivity contribution in [2.75, 3.05) is 12.4 Å². The number of anilines is 1. The Balaban J connectivity index is 2.23. The molecule has 0 unspecified atom stereocenters. The molecule has 0 aliphatic rings. The van der Waals surface area contributed by atoms with E-state index in [1.807, 2.05) is 6.92 Å². The minimum atomic E-state index is -0.343. The number of aromatic hydroxyl groups is 1. The van der Waals surface area contributed by atoms with Gasteiger partial charge in [-0.25, -0.2) is 4.39 Å². The van der Waals surface area contributed by atoms with Gasteiger partial charge in [0.1, 0.15) is 5.82 Å². The van der Waals surface area contributed by atoms with E-state index in [4.69, 9.17) is 16.3 Å². The largest absolute Gasteiger partial charge is 0.504 e. The number of hydrogen-bond donors (Lipinski definition) is 2. The summed E-state index contributed by atoms with van der Waals surface area (Å²) in [4.78, 5) is 0. The summed E-state index contributed by atoms with van der Waals surface area (Å²) in [5, 5.41) is 13.4. The molecule has 0 aliphatic heterocycles. The van der Waals surface area contributed by atoms with Gasteiger partial charge in [-0.15, -0.1) is 0 Å². The summed E-state index contributed by atoms with van der Waals surface area (Å²) in [6, 6.07) is 7.93. The molecule has 2 aromatic carbocycles. The van der Waals surface area contributed by atoms with Crippen LogP contribution in [0, 0.1) is 12.7 Å². The van der Waals surface area contributed by atoms with Gasteiger partial charge in [0.05, 0.1) is 12.8 Å². The van der Waals surface area contributed by atoms with Crippen molar-refractivity contribution >= 4 is 17.3 Å². The van der Waals surface area contributed by atoms with Gasteiger partial charge in [-0.3, -0.25) is 0 Å². The molecule has 0 amide bonds. The fourth-order valence-electron chi connectivity index (χ4n) is 1.88. The highest BCUT2D eigenvalue weighted by atomic mass is 35.5. The lowest BCUT2D eigenvalue weighted by Crippen LogP contribution is -2.02. The lowest BCUT2D eigenvalue weighted by atomic mass is 10.1. The molecule has 106 valence electrons. The van der Waals surface area contributed by atoms with Gasteiger partial charge in [-0.05, 0) is 30.7 Å². The maximum atomic E-state index is 13.6. The number of rotatable bonds is 4. The third-order valence-electron chi connectivity index (χ3n) is 2.93. The fourth-order valence-corrected chi connectivity index (χ4v) is 2.11. The molecule has 2 N–H and O–H groups in total. The molecule has 0 fully saturated rings. The van der Waals surface area contributed by atoms with Gasteiger partial charge >= 0.3 is 0 Å². The van der Waals surface area contributed by atoms with Crippen molar-refractivity contribution in [1.29, 1.82) is 0 Å². The van der Waals surface area contributed by atoms with E-state index >= 15 is 0 Å². The Hall–Kier alpha value is -1.94. The lowest BCUT2D eigenvalue weighted by molar-refractivity contribution is 0.371. The summed E-state index contributed by atoms with van der Waals surface area (Å²) >= 11 is 5.95. The number of nitrogens with one attached hydrogen (secondary N) is 1. The number of ether oxygens (including phenoxy) is 1. The van der Waals surface area contributed by atoms with Crippen molar-refractivity contribution in [1.82, 2.24) is 0 Å². The highest BCUT2D eigenvalue weighted by Gasteiger charge is 2.10. The van der Waals surface area contributed by atoms with Crippen LogP contribution in [0.5, 0.6) is 11.5 Å². The molecule has 5 heteroatoms. The first kappa shape index (κ1) is 14.5. The van der Waals surface area contributed by atoms with E-state index in [0.29, 0.717) is 22.0 Å². The van der Waals surface area contributed by atoms with Crippen LogP contribution in [-0.4, -0.2) is 12.2 Å². The van der Waals surface area contributed by atoms with Crippen LogP contribution >= 0.6 is 11.6 Å². The Bertz CT molecular complexity index is 632. The van der Waals surface area contributed by atoms with Crippen LogP contribution in [0.3, 0.4) is 0 Å². The molecule has 2 rings (SSSR count). The van der Waals surface area contributed by atoms with Crippen LogP contribution in [0.1, 0.15) is 11.1 Å². The Labute approximate surface area is 122 Å². The number of benzene rings is 2. The van der Waals surface area contributed by atoms with Crippen molar-refractivity contribution in [3.63, 3.8) is 0 Å². The second kappa shape index (κ2) is 6.01. The van der Waals surface area contributed by atoms with Gasteiger partial charge in [0.15, 0.2) is 11.5 Å². The van der Waals surface area contributed by atoms with Gasteiger partial charge in [0, 0.05) is 23.2 Å². The summed E-state index contributed by atoms with van der Waals surface area (Å²) < 4.78 is 18.6. The molecule has 2 aromatic rings. The minimum Gasteiger partial charge on any atom is -0.504 e. The van der Waals surface area contributed by atoms with Crippen LogP contribution < -0.4 is 10.1 Å². The Morgan fingerprint density at radius 2 is 2.05 bits per heavy atom. The van der Waals surface area contributed by atoms with Crippen molar-refractivity contribution < 1.29 is 14.2 Å². The van der Waals surface area contributed by atoms with Crippen molar-refractivity contribution in [3.8, 4) is 11.5 Å². The molecular formula is C15H15ClFNO2. The first-order valence-electron chi connectivity index (χ1n) is 6.06. The van der Waals surface area contributed by atoms with Crippen LogP contribution in [0.4, 0.5) is 10.1 Å². The first-order valence-corrected chi connectivity index (χ1v) is 6.44. The summed E-state index contributed by atoms with van der Waals surface area (Å²) in [6.45, 7) is 2.12. The molecule has 20 heavy (non-hydrogen) atoms. The van der Waals surface area contributed by atoms with E-state index in [1.165, 1.54) is 19.2 Å². The molecule has 0 radical (unpaired) electrons. The molecule has 0 aliphatic carbocycles. The highest BCUT2D eigenvalue weighted by molar-refractivity contribution is 6.30. The summed E-state index contributed by atoms with van der Waals surface area (Å²) in [6.07, 6.45) is 0. The molecular weight excluding hydrogens is 281 g/mol. The first-order chi connectivity index (χ1) is 9.51. The SMILES string of the molecule is COc1cc(Cl)cc(CNc2cc(C)ccc2F)c1O. The second-order valence-corrected chi connectivity index (χ2v) is 4.89. The molecule has 0 heterocycles. The molecule has 0 bridgehead atoms. The highest BCUT2D eigenvalue weighted by Crippen LogP contribution is 2.33. The topological polar surface area (TPSA) is 41.5 Å². The van der Waals surface area contributed by atoms with E-state index in [0.717, 1.165) is 5.56 Å². The fraction of sp³-hybridized carbons (Fsp3) is 0.200. The summed E-state index contributed by atoms with van der Waals surface area (Å²) in [7, 11) is 1.45. The molecule has 0 aromatic heterocycles. The molecule has 0 saturated carbocycles. The number of aryl methyl sites for hydroxylation is 1. The van der Waals surface area contributed by atoms with E-state index < -0.39 is 0 Å². The Morgan fingerprint density at radius 1 is 1.30 bits per heavy atom. The van der Waals surface area contributed by atoms with Crippen LogP contribution in [-0.2, 0) is 6.54 Å². The van der Waals surface area contributed by atoms with Crippen molar-refractivity contribution in [3.05, 3.63) is 52.3 Å². The minimum absolute atomic E-state index is 0.00235. The third kappa shape index (κ3) is 3.14. The number of halogens is 2. The van der Waals surface area contributed by atoms with Crippen molar-refractivity contribution in [2.45, 2.75) is 13.5 Å². The Kier molecular flexibility index (Phi) is 4.35. The molecule has 3 nitrogen and oxygen atoms in total. The maximum Gasteiger partial charge on any atom is 0.162 e. The lowest BCUT2D eigenvalue weighted by Gasteiger charge is -2.12. The van der Waals surface area contributed by atoms with Gasteiger partial charge in [-0.1, -0.05) is 17.7 Å².